The second kappa shape index (κ2) is 43.4. The van der Waals surface area contributed by atoms with E-state index in [9.17, 15) is 9.90 Å². The smallest absolute Gasteiger partial charge is 0.0905 e. The topological polar surface area (TPSA) is 64.8 Å². The molecule has 0 rings (SSSR count). The van der Waals surface area contributed by atoms with Crippen molar-refractivity contribution in [3.05, 3.63) is 0 Å². The fraction of sp³-hybridized carbons (Fsp3) is 0.977. The Kier molecular flexibility index (Phi) is 44.8. The first-order chi connectivity index (χ1) is 23.0. The number of carboxylic acids is 1. The summed E-state index contributed by atoms with van der Waals surface area (Å²) < 4.78 is 0. The van der Waals surface area contributed by atoms with Crippen LogP contribution in [0, 0.1) is 0 Å². The molecule has 0 aromatic rings. The van der Waals surface area contributed by atoms with Crippen molar-refractivity contribution < 1.29 is 19.9 Å². The van der Waals surface area contributed by atoms with Crippen LogP contribution in [0.4, 0.5) is 0 Å². The Balaban J connectivity index is 0. The molecule has 0 fully saturated rings. The number of quaternary nitrogens is 1. The van der Waals surface area contributed by atoms with E-state index < -0.39 is 12.1 Å². The van der Waals surface area contributed by atoms with Gasteiger partial charge in [0, 0.05) is 0 Å². The van der Waals surface area contributed by atoms with Gasteiger partial charge in [-0.15, -0.1) is 0 Å². The molecule has 4 nitrogen and oxygen atoms in total. The van der Waals surface area contributed by atoms with Crippen LogP contribution < -0.4 is 10.0 Å². The van der Waals surface area contributed by atoms with Crippen LogP contribution in [0.2, 0.25) is 0 Å². The van der Waals surface area contributed by atoms with Crippen molar-refractivity contribution in [3.63, 3.8) is 0 Å². The molecule has 0 aliphatic carbocycles. The number of hydrogen-bond donors (Lipinski definition) is 2. The van der Waals surface area contributed by atoms with Crippen molar-refractivity contribution in [1.82, 2.24) is 0 Å². The number of aliphatic hydroxyl groups excluding tert-OH is 1. The van der Waals surface area contributed by atoms with E-state index in [1.54, 1.807) is 0 Å². The highest BCUT2D eigenvalue weighted by molar-refractivity contribution is 5.68. The van der Waals surface area contributed by atoms with E-state index in [1.807, 2.05) is 4.90 Å². The van der Waals surface area contributed by atoms with E-state index >= 15 is 0 Å². The lowest BCUT2D eigenvalue weighted by Gasteiger charge is -2.19. The number of aliphatic hydroxyl groups is 1. The molecule has 2 N–H and O–H groups in total. The third-order valence-corrected chi connectivity index (χ3v) is 9.99. The van der Waals surface area contributed by atoms with Gasteiger partial charge in [-0.25, -0.2) is 0 Å². The lowest BCUT2D eigenvalue weighted by Crippen LogP contribution is -3.12. The minimum absolute atomic E-state index is 1.13. The van der Waals surface area contributed by atoms with Gasteiger partial charge in [0.05, 0.1) is 31.7 Å². The number of unbranched alkanes of at least 4 members (excludes halogenated alkanes) is 31. The molecule has 47 heavy (non-hydrogen) atoms. The molecule has 1 atom stereocenters. The van der Waals surface area contributed by atoms with Gasteiger partial charge >= 0.3 is 0 Å². The second-order valence-corrected chi connectivity index (χ2v) is 15.0. The third kappa shape index (κ3) is 45.4. The van der Waals surface area contributed by atoms with Crippen LogP contribution in [0.1, 0.15) is 246 Å². The zero-order valence-electron chi connectivity index (χ0n) is 33.0. The minimum Gasteiger partial charge on any atom is -0.547 e. The molecule has 0 heterocycles. The molecule has 1 unspecified atom stereocenters. The van der Waals surface area contributed by atoms with Crippen molar-refractivity contribution in [2.75, 3.05) is 19.6 Å². The molecule has 4 heteroatoms. The first-order valence-electron chi connectivity index (χ1n) is 21.7. The Hall–Kier alpha value is -0.610. The van der Waals surface area contributed by atoms with Gasteiger partial charge in [-0.3, -0.25) is 0 Å². The summed E-state index contributed by atoms with van der Waals surface area (Å²) in [6.07, 6.45) is 48.6. The first-order valence-corrected chi connectivity index (χ1v) is 21.7. The van der Waals surface area contributed by atoms with Crippen LogP contribution in [0.3, 0.4) is 0 Å². The van der Waals surface area contributed by atoms with Crippen molar-refractivity contribution in [2.24, 2.45) is 0 Å². The fourth-order valence-corrected chi connectivity index (χ4v) is 6.65. The van der Waals surface area contributed by atoms with Crippen LogP contribution in [0.5, 0.6) is 0 Å². The zero-order valence-corrected chi connectivity index (χ0v) is 33.0. The van der Waals surface area contributed by atoms with E-state index in [2.05, 4.69) is 20.8 Å². The molecular weight excluding hydrogens is 578 g/mol. The minimum atomic E-state index is -1.44. The lowest BCUT2D eigenvalue weighted by atomic mass is 10.0. The molecule has 0 spiro atoms. The Labute approximate surface area is 297 Å². The number of aliphatic carboxylic acids is 1. The van der Waals surface area contributed by atoms with Crippen LogP contribution >= 0.6 is 0 Å². The number of nitrogens with one attached hydrogen (secondary N) is 1. The zero-order chi connectivity index (χ0) is 34.9. The highest BCUT2D eigenvalue weighted by atomic mass is 16.4. The SMILES string of the molecule is CC(O)C(=O)[O-].CCCCCCCCCCCCCCCCCC[NH+](CCCC)CCCCCCCCCCCCCCCCCC. The van der Waals surface area contributed by atoms with Crippen molar-refractivity contribution >= 4 is 5.97 Å². The van der Waals surface area contributed by atoms with Crippen molar-refractivity contribution in [3.8, 4) is 0 Å². The predicted molar refractivity (Wildman–Crippen MR) is 206 cm³/mol. The maximum atomic E-state index is 9.34. The molecule has 0 aliphatic rings. The summed E-state index contributed by atoms with van der Waals surface area (Å²) in [5.74, 6) is -1.44. The highest BCUT2D eigenvalue weighted by Gasteiger charge is 2.07. The van der Waals surface area contributed by atoms with Crippen LogP contribution in [0.25, 0.3) is 0 Å². The van der Waals surface area contributed by atoms with Crippen LogP contribution in [-0.4, -0.2) is 36.8 Å². The molecule has 0 aromatic carbocycles. The molecular formula is C43H89NO3. The molecule has 0 saturated carbocycles. The standard InChI is InChI=1S/C40H83N.C3H6O3/c1-4-7-10-12-14-16-18-20-22-24-26-28-30-32-34-36-39-41(38-9-6-3)40-37-35-33-31-29-27-25-23-21-19-17-15-13-11-8-5-2;1-2(4)3(5)6/h4-40H2,1-3H3;2,4H,1H3,(H,5,6). The number of carboxylic acid groups (broad SMARTS) is 1. The van der Waals surface area contributed by atoms with E-state index in [1.165, 1.54) is 238 Å². The van der Waals surface area contributed by atoms with Gasteiger partial charge in [0.25, 0.3) is 0 Å². The molecule has 0 radical (unpaired) electrons. The lowest BCUT2D eigenvalue weighted by molar-refractivity contribution is -0.900. The third-order valence-electron chi connectivity index (χ3n) is 9.99. The van der Waals surface area contributed by atoms with Gasteiger partial charge in [-0.1, -0.05) is 207 Å². The number of carbonyl (C=O) groups excluding carboxylic acids is 1. The Morgan fingerprint density at radius 1 is 0.404 bits per heavy atom. The molecule has 284 valence electrons. The molecule has 0 bridgehead atoms. The second-order valence-electron chi connectivity index (χ2n) is 15.0. The Morgan fingerprint density at radius 3 is 0.766 bits per heavy atom. The van der Waals surface area contributed by atoms with E-state index in [4.69, 9.17) is 5.11 Å². The number of hydrogen-bond acceptors (Lipinski definition) is 3. The van der Waals surface area contributed by atoms with Gasteiger partial charge in [0.15, 0.2) is 0 Å². The number of carbonyl (C=O) groups is 1. The Bertz CT molecular complexity index is 531. The van der Waals surface area contributed by atoms with Gasteiger partial charge in [0.2, 0.25) is 0 Å². The maximum Gasteiger partial charge on any atom is 0.0905 e. The highest BCUT2D eigenvalue weighted by Crippen LogP contribution is 2.15. The maximum absolute atomic E-state index is 9.34. The summed E-state index contributed by atoms with van der Waals surface area (Å²) >= 11 is 0. The summed E-state index contributed by atoms with van der Waals surface area (Å²) in [4.78, 5) is 11.3. The molecule has 0 saturated heterocycles. The summed E-state index contributed by atoms with van der Waals surface area (Å²) in [7, 11) is 0. The van der Waals surface area contributed by atoms with Crippen molar-refractivity contribution in [2.45, 2.75) is 252 Å². The first kappa shape index (κ1) is 48.5. The summed E-state index contributed by atoms with van der Waals surface area (Å²) in [5, 5.41) is 17.3. The summed E-state index contributed by atoms with van der Waals surface area (Å²) in [6.45, 7) is 12.4. The van der Waals surface area contributed by atoms with Gasteiger partial charge in [0.1, 0.15) is 0 Å². The van der Waals surface area contributed by atoms with E-state index in [-0.39, 0.29) is 0 Å². The monoisotopic (exact) mass is 668 g/mol. The predicted octanol–water partition coefficient (Wildman–Crippen LogP) is 11.3. The average Bonchev–Trinajstić information content (AvgIpc) is 3.06. The normalized spacial score (nSPS) is 12.0. The van der Waals surface area contributed by atoms with Crippen LogP contribution in [-0.2, 0) is 4.79 Å². The summed E-state index contributed by atoms with van der Waals surface area (Å²) in [5.41, 5.74) is 0. The van der Waals surface area contributed by atoms with Crippen molar-refractivity contribution in [1.29, 1.82) is 0 Å². The van der Waals surface area contributed by atoms with Crippen LogP contribution in [0.15, 0.2) is 0 Å². The van der Waals surface area contributed by atoms with E-state index in [0.717, 1.165) is 6.92 Å². The van der Waals surface area contributed by atoms with Gasteiger partial charge in [-0.2, -0.15) is 0 Å². The number of rotatable bonds is 38. The fourth-order valence-electron chi connectivity index (χ4n) is 6.65. The molecule has 0 aromatic heterocycles. The van der Waals surface area contributed by atoms with Gasteiger partial charge < -0.3 is 19.9 Å². The quantitative estimate of drug-likeness (QED) is 0.0644. The summed E-state index contributed by atoms with van der Waals surface area (Å²) in [6, 6.07) is 0. The average molecular weight is 668 g/mol. The van der Waals surface area contributed by atoms with E-state index in [0.29, 0.717) is 0 Å². The molecule has 0 amide bonds. The largest absolute Gasteiger partial charge is 0.547 e. The van der Waals surface area contributed by atoms with Gasteiger partial charge in [-0.05, 0) is 39.0 Å². The Morgan fingerprint density at radius 2 is 0.574 bits per heavy atom. The molecule has 0 aliphatic heterocycles.